The second-order valence-corrected chi connectivity index (χ2v) is 7.44. The molecule has 5 heteroatoms. The molecule has 128 valence electrons. The van der Waals surface area contributed by atoms with Crippen LogP contribution < -0.4 is 5.73 Å². The lowest BCUT2D eigenvalue weighted by molar-refractivity contribution is -0.140. The Labute approximate surface area is 140 Å². The molecule has 1 saturated heterocycles. The average molecular weight is 331 g/mol. The van der Waals surface area contributed by atoms with Crippen molar-refractivity contribution >= 4 is 18.3 Å². The third-order valence-corrected chi connectivity index (χ3v) is 6.00. The van der Waals surface area contributed by atoms with Gasteiger partial charge < -0.3 is 15.4 Å². The number of fused-ring (bicyclic) bond motifs is 2. The zero-order valence-electron chi connectivity index (χ0n) is 13.7. The van der Waals surface area contributed by atoms with Crippen LogP contribution in [-0.4, -0.2) is 43.7 Å². The van der Waals surface area contributed by atoms with Gasteiger partial charge in [-0.05, 0) is 56.3 Å². The molecule has 3 unspecified atom stereocenters. The molecule has 1 aliphatic heterocycles. The molecular formula is C17H31ClN2O2. The lowest BCUT2D eigenvalue weighted by atomic mass is 9.65. The van der Waals surface area contributed by atoms with Gasteiger partial charge in [0.25, 0.3) is 0 Å². The van der Waals surface area contributed by atoms with Crippen LogP contribution in [0, 0.1) is 23.7 Å². The van der Waals surface area contributed by atoms with E-state index >= 15 is 0 Å². The molecule has 1 amide bonds. The second-order valence-electron chi connectivity index (χ2n) is 7.44. The van der Waals surface area contributed by atoms with Crippen molar-refractivity contribution in [3.8, 4) is 0 Å². The molecule has 0 aromatic heterocycles. The fraction of sp³-hybridized carbons (Fsp3) is 0.941. The van der Waals surface area contributed by atoms with Crippen molar-refractivity contribution < 1.29 is 9.53 Å². The monoisotopic (exact) mass is 330 g/mol. The molecule has 4 nitrogen and oxygen atoms in total. The van der Waals surface area contributed by atoms with Gasteiger partial charge in [-0.3, -0.25) is 4.79 Å². The molecular weight excluding hydrogens is 300 g/mol. The minimum Gasteiger partial charge on any atom is -0.384 e. The van der Waals surface area contributed by atoms with Crippen LogP contribution in [-0.2, 0) is 9.53 Å². The number of methoxy groups -OCH3 is 1. The first-order valence-electron chi connectivity index (χ1n) is 8.72. The highest BCUT2D eigenvalue weighted by atomic mass is 35.5. The van der Waals surface area contributed by atoms with Crippen molar-refractivity contribution in [2.75, 3.05) is 26.8 Å². The van der Waals surface area contributed by atoms with E-state index < -0.39 is 0 Å². The van der Waals surface area contributed by atoms with Gasteiger partial charge in [-0.25, -0.2) is 0 Å². The number of likely N-dealkylation sites (tertiary alicyclic amines) is 1. The molecule has 1 heterocycles. The number of hydrogen-bond acceptors (Lipinski definition) is 3. The first-order chi connectivity index (χ1) is 10.2. The topological polar surface area (TPSA) is 55.6 Å². The largest absolute Gasteiger partial charge is 0.384 e. The fourth-order valence-electron chi connectivity index (χ4n) is 4.89. The van der Waals surface area contributed by atoms with E-state index in [9.17, 15) is 4.79 Å². The molecule has 2 bridgehead atoms. The average Bonchev–Trinajstić information content (AvgIpc) is 2.47. The first-order valence-corrected chi connectivity index (χ1v) is 8.72. The van der Waals surface area contributed by atoms with Gasteiger partial charge in [0, 0.05) is 32.2 Å². The van der Waals surface area contributed by atoms with Crippen LogP contribution in [0.1, 0.15) is 44.9 Å². The van der Waals surface area contributed by atoms with Crippen LogP contribution in [0.4, 0.5) is 0 Å². The van der Waals surface area contributed by atoms with Gasteiger partial charge in [0.2, 0.25) is 5.91 Å². The normalized spacial score (nSPS) is 38.3. The Kier molecular flexibility index (Phi) is 6.54. The van der Waals surface area contributed by atoms with Crippen molar-refractivity contribution in [2.45, 2.75) is 51.0 Å². The van der Waals surface area contributed by atoms with Gasteiger partial charge in [0.05, 0.1) is 6.61 Å². The van der Waals surface area contributed by atoms with Gasteiger partial charge >= 0.3 is 0 Å². The molecule has 0 aromatic carbocycles. The maximum absolute atomic E-state index is 12.9. The number of carbonyl (C=O) groups is 1. The molecule has 0 radical (unpaired) electrons. The number of rotatable bonds is 3. The summed E-state index contributed by atoms with van der Waals surface area (Å²) in [5.74, 6) is 2.34. The van der Waals surface area contributed by atoms with E-state index in [-0.39, 0.29) is 18.3 Å². The van der Waals surface area contributed by atoms with Crippen LogP contribution in [0.25, 0.3) is 0 Å². The van der Waals surface area contributed by atoms with Crippen LogP contribution in [0.2, 0.25) is 0 Å². The number of carbonyl (C=O) groups excluding carboxylic acids is 1. The van der Waals surface area contributed by atoms with E-state index in [1.807, 2.05) is 0 Å². The smallest absolute Gasteiger partial charge is 0.225 e. The summed E-state index contributed by atoms with van der Waals surface area (Å²) in [4.78, 5) is 15.0. The maximum atomic E-state index is 12.9. The molecule has 0 aromatic rings. The molecule has 3 aliphatic rings. The molecule has 0 spiro atoms. The van der Waals surface area contributed by atoms with Crippen molar-refractivity contribution in [3.05, 3.63) is 0 Å². The standard InChI is InChI=1S/C17H30N2O2.ClH/c1-21-11-12-4-3-7-19(10-12)17(20)15-8-13-5-2-6-14(9-15)16(13)18;/h12-16H,2-11,18H2,1H3;1H. The molecule has 3 fully saturated rings. The van der Waals surface area contributed by atoms with E-state index in [1.54, 1.807) is 7.11 Å². The van der Waals surface area contributed by atoms with Crippen LogP contribution in [0.3, 0.4) is 0 Å². The van der Waals surface area contributed by atoms with Crippen LogP contribution in [0.15, 0.2) is 0 Å². The number of halogens is 1. The minimum absolute atomic E-state index is 0. The predicted octanol–water partition coefficient (Wildman–Crippen LogP) is 2.45. The lowest BCUT2D eigenvalue weighted by Gasteiger charge is -2.45. The summed E-state index contributed by atoms with van der Waals surface area (Å²) in [7, 11) is 1.75. The van der Waals surface area contributed by atoms with E-state index in [4.69, 9.17) is 10.5 Å². The van der Waals surface area contributed by atoms with E-state index in [2.05, 4.69) is 4.90 Å². The molecule has 2 saturated carbocycles. The summed E-state index contributed by atoms with van der Waals surface area (Å²) >= 11 is 0. The predicted molar refractivity (Wildman–Crippen MR) is 90.0 cm³/mol. The van der Waals surface area contributed by atoms with Gasteiger partial charge in [-0.15, -0.1) is 12.4 Å². The van der Waals surface area contributed by atoms with Crippen molar-refractivity contribution in [1.29, 1.82) is 0 Å². The molecule has 22 heavy (non-hydrogen) atoms. The molecule has 2 N–H and O–H groups in total. The maximum Gasteiger partial charge on any atom is 0.225 e. The number of ether oxygens (including phenoxy) is 1. The Bertz CT molecular complexity index is 364. The number of amides is 1. The summed E-state index contributed by atoms with van der Waals surface area (Å²) in [5, 5.41) is 0. The fourth-order valence-corrected chi connectivity index (χ4v) is 4.89. The first kappa shape index (κ1) is 18.0. The summed E-state index contributed by atoms with van der Waals surface area (Å²) in [6, 6.07) is 0.352. The second kappa shape index (κ2) is 7.98. The quantitative estimate of drug-likeness (QED) is 0.864. The third kappa shape index (κ3) is 3.77. The molecule has 2 aliphatic carbocycles. The van der Waals surface area contributed by atoms with Crippen molar-refractivity contribution in [1.82, 2.24) is 4.90 Å². The SMILES string of the molecule is COCC1CCCN(C(=O)C2CC3CCCC(C2)C3N)C1.Cl. The van der Waals surface area contributed by atoms with Crippen LogP contribution >= 0.6 is 12.4 Å². The highest BCUT2D eigenvalue weighted by molar-refractivity contribution is 5.85. The molecule has 3 rings (SSSR count). The van der Waals surface area contributed by atoms with Crippen molar-refractivity contribution in [2.24, 2.45) is 29.4 Å². The van der Waals surface area contributed by atoms with E-state index in [0.717, 1.165) is 39.0 Å². The van der Waals surface area contributed by atoms with E-state index in [0.29, 0.717) is 29.7 Å². The molecule has 3 atom stereocenters. The Balaban J connectivity index is 0.00000176. The number of nitrogens with zero attached hydrogens (tertiary/aromatic N) is 1. The summed E-state index contributed by atoms with van der Waals surface area (Å²) in [6.45, 7) is 2.62. The third-order valence-electron chi connectivity index (χ3n) is 6.00. The van der Waals surface area contributed by atoms with Gasteiger partial charge in [0.1, 0.15) is 0 Å². The zero-order chi connectivity index (χ0) is 14.8. The van der Waals surface area contributed by atoms with Gasteiger partial charge in [-0.1, -0.05) is 6.42 Å². The Hall–Kier alpha value is -0.320. The highest BCUT2D eigenvalue weighted by Crippen LogP contribution is 2.42. The zero-order valence-corrected chi connectivity index (χ0v) is 14.5. The van der Waals surface area contributed by atoms with Crippen molar-refractivity contribution in [3.63, 3.8) is 0 Å². The summed E-state index contributed by atoms with van der Waals surface area (Å²) in [6.07, 6.45) is 8.15. The highest BCUT2D eigenvalue weighted by Gasteiger charge is 2.42. The Morgan fingerprint density at radius 2 is 1.86 bits per heavy atom. The number of hydrogen-bond donors (Lipinski definition) is 1. The number of piperidine rings is 1. The Morgan fingerprint density at radius 3 is 2.50 bits per heavy atom. The lowest BCUT2D eigenvalue weighted by Crippen LogP contribution is -2.51. The number of nitrogens with two attached hydrogens (primary N) is 1. The summed E-state index contributed by atoms with van der Waals surface area (Å²) < 4.78 is 5.28. The summed E-state index contributed by atoms with van der Waals surface area (Å²) in [5.41, 5.74) is 6.35. The van der Waals surface area contributed by atoms with Gasteiger partial charge in [-0.2, -0.15) is 0 Å². The van der Waals surface area contributed by atoms with E-state index in [1.165, 1.54) is 25.7 Å². The van der Waals surface area contributed by atoms with Gasteiger partial charge in [0.15, 0.2) is 0 Å². The Morgan fingerprint density at radius 1 is 1.18 bits per heavy atom. The minimum atomic E-state index is 0. The van der Waals surface area contributed by atoms with Crippen LogP contribution in [0.5, 0.6) is 0 Å².